The maximum Gasteiger partial charge on any atom is 0.227 e. The molecular formula is C15H23ClN2O. The van der Waals surface area contributed by atoms with Gasteiger partial charge in [0.1, 0.15) is 0 Å². The first-order valence-corrected chi connectivity index (χ1v) is 6.76. The Kier molecular flexibility index (Phi) is 5.83. The number of rotatable bonds is 3. The number of amides is 1. The van der Waals surface area contributed by atoms with Gasteiger partial charge in [0.25, 0.3) is 0 Å². The van der Waals surface area contributed by atoms with Crippen molar-refractivity contribution in [3.8, 4) is 0 Å². The van der Waals surface area contributed by atoms with Gasteiger partial charge in [-0.05, 0) is 43.7 Å². The van der Waals surface area contributed by atoms with Gasteiger partial charge in [-0.1, -0.05) is 25.1 Å². The van der Waals surface area contributed by atoms with Crippen LogP contribution in [0.5, 0.6) is 0 Å². The molecule has 1 aromatic rings. The molecule has 0 radical (unpaired) electrons. The summed E-state index contributed by atoms with van der Waals surface area (Å²) in [5, 5.41) is 3.10. The molecule has 1 fully saturated rings. The van der Waals surface area contributed by atoms with Crippen molar-refractivity contribution in [1.29, 1.82) is 0 Å². The van der Waals surface area contributed by atoms with Crippen molar-refractivity contribution in [3.05, 3.63) is 29.3 Å². The highest BCUT2D eigenvalue weighted by molar-refractivity contribution is 5.94. The van der Waals surface area contributed by atoms with E-state index in [9.17, 15) is 4.79 Å². The topological polar surface area (TPSA) is 55.1 Å². The van der Waals surface area contributed by atoms with E-state index < -0.39 is 0 Å². The number of benzene rings is 1. The van der Waals surface area contributed by atoms with E-state index in [2.05, 4.69) is 18.3 Å². The third-order valence-electron chi connectivity index (χ3n) is 3.83. The van der Waals surface area contributed by atoms with Gasteiger partial charge in [0, 0.05) is 17.6 Å². The van der Waals surface area contributed by atoms with E-state index in [0.717, 1.165) is 36.9 Å². The van der Waals surface area contributed by atoms with E-state index in [1.807, 2.05) is 19.1 Å². The molecule has 0 bridgehead atoms. The van der Waals surface area contributed by atoms with Crippen LogP contribution in [0.2, 0.25) is 0 Å². The van der Waals surface area contributed by atoms with Crippen LogP contribution in [0.4, 0.5) is 5.69 Å². The highest BCUT2D eigenvalue weighted by Gasteiger charge is 2.28. The Hall–Kier alpha value is -1.06. The smallest absolute Gasteiger partial charge is 0.227 e. The van der Waals surface area contributed by atoms with Gasteiger partial charge in [0.05, 0.1) is 0 Å². The third-order valence-corrected chi connectivity index (χ3v) is 3.83. The van der Waals surface area contributed by atoms with Gasteiger partial charge in [-0.3, -0.25) is 4.79 Å². The van der Waals surface area contributed by atoms with Crippen LogP contribution in [-0.2, 0) is 11.2 Å². The van der Waals surface area contributed by atoms with E-state index in [0.29, 0.717) is 0 Å². The molecule has 2 rings (SSSR count). The van der Waals surface area contributed by atoms with Crippen LogP contribution in [0.15, 0.2) is 18.2 Å². The summed E-state index contributed by atoms with van der Waals surface area (Å²) in [5.74, 6) is 0.219. The van der Waals surface area contributed by atoms with Crippen molar-refractivity contribution in [2.75, 3.05) is 5.32 Å². The molecule has 0 heterocycles. The number of hydrogen-bond donors (Lipinski definition) is 2. The number of aryl methyl sites for hydroxylation is 2. The van der Waals surface area contributed by atoms with Crippen LogP contribution in [-0.4, -0.2) is 11.9 Å². The Morgan fingerprint density at radius 1 is 1.42 bits per heavy atom. The molecule has 19 heavy (non-hydrogen) atoms. The van der Waals surface area contributed by atoms with Crippen LogP contribution >= 0.6 is 12.4 Å². The van der Waals surface area contributed by atoms with Gasteiger partial charge in [-0.2, -0.15) is 0 Å². The van der Waals surface area contributed by atoms with Crippen LogP contribution in [0, 0.1) is 12.8 Å². The zero-order chi connectivity index (χ0) is 13.1. The number of nitrogens with two attached hydrogens (primary N) is 1. The molecule has 4 heteroatoms. The third kappa shape index (κ3) is 3.71. The van der Waals surface area contributed by atoms with Gasteiger partial charge in [0.2, 0.25) is 5.91 Å². The van der Waals surface area contributed by atoms with Crippen molar-refractivity contribution >= 4 is 24.0 Å². The number of halogens is 1. The Morgan fingerprint density at radius 3 is 2.74 bits per heavy atom. The fourth-order valence-corrected chi connectivity index (χ4v) is 2.68. The Bertz CT molecular complexity index is 448. The molecule has 1 aromatic carbocycles. The van der Waals surface area contributed by atoms with Gasteiger partial charge < -0.3 is 11.1 Å². The monoisotopic (exact) mass is 282 g/mol. The zero-order valence-electron chi connectivity index (χ0n) is 11.6. The van der Waals surface area contributed by atoms with Crippen molar-refractivity contribution in [2.45, 2.75) is 45.6 Å². The summed E-state index contributed by atoms with van der Waals surface area (Å²) < 4.78 is 0. The summed E-state index contributed by atoms with van der Waals surface area (Å²) >= 11 is 0. The number of carbonyl (C=O) groups is 1. The summed E-state index contributed by atoms with van der Waals surface area (Å²) in [5.41, 5.74) is 9.18. The average Bonchev–Trinajstić information content (AvgIpc) is 2.78. The Labute approximate surface area is 121 Å². The first-order valence-electron chi connectivity index (χ1n) is 6.76. The molecule has 1 amide bonds. The van der Waals surface area contributed by atoms with Gasteiger partial charge in [-0.25, -0.2) is 0 Å². The SMILES string of the molecule is CCc1cccc(C)c1NC(=O)C1CCC(N)C1.Cl. The average molecular weight is 283 g/mol. The summed E-state index contributed by atoms with van der Waals surface area (Å²) in [6.07, 6.45) is 3.63. The molecule has 3 nitrogen and oxygen atoms in total. The predicted octanol–water partition coefficient (Wildman–Crippen LogP) is 3.05. The van der Waals surface area contributed by atoms with Crippen LogP contribution in [0.1, 0.15) is 37.3 Å². The number of nitrogens with one attached hydrogen (secondary N) is 1. The first-order chi connectivity index (χ1) is 8.61. The van der Waals surface area contributed by atoms with E-state index in [1.165, 1.54) is 5.56 Å². The fraction of sp³-hybridized carbons (Fsp3) is 0.533. The summed E-state index contributed by atoms with van der Waals surface area (Å²) in [6, 6.07) is 6.34. The molecule has 1 aliphatic rings. The molecule has 0 aliphatic heterocycles. The molecule has 3 N–H and O–H groups in total. The minimum absolute atomic E-state index is 0. The lowest BCUT2D eigenvalue weighted by Gasteiger charge is -2.15. The van der Waals surface area contributed by atoms with E-state index >= 15 is 0 Å². The van der Waals surface area contributed by atoms with Crippen molar-refractivity contribution in [1.82, 2.24) is 0 Å². The molecule has 0 saturated heterocycles. The highest BCUT2D eigenvalue weighted by Crippen LogP contribution is 2.27. The minimum atomic E-state index is 0. The second kappa shape index (κ2) is 6.92. The summed E-state index contributed by atoms with van der Waals surface area (Å²) in [6.45, 7) is 4.14. The normalized spacial score (nSPS) is 21.8. The number of carbonyl (C=O) groups excluding carboxylic acids is 1. The zero-order valence-corrected chi connectivity index (χ0v) is 12.4. The Morgan fingerprint density at radius 2 is 2.16 bits per heavy atom. The van der Waals surface area contributed by atoms with Crippen LogP contribution in [0.3, 0.4) is 0 Å². The van der Waals surface area contributed by atoms with E-state index in [-0.39, 0.29) is 30.3 Å². The summed E-state index contributed by atoms with van der Waals surface area (Å²) in [7, 11) is 0. The van der Waals surface area contributed by atoms with Crippen LogP contribution < -0.4 is 11.1 Å². The molecule has 106 valence electrons. The fourth-order valence-electron chi connectivity index (χ4n) is 2.68. The molecule has 0 aromatic heterocycles. The van der Waals surface area contributed by atoms with Crippen molar-refractivity contribution in [3.63, 3.8) is 0 Å². The second-order valence-electron chi connectivity index (χ2n) is 5.22. The second-order valence-corrected chi connectivity index (χ2v) is 5.22. The van der Waals surface area contributed by atoms with Crippen molar-refractivity contribution < 1.29 is 4.79 Å². The van der Waals surface area contributed by atoms with E-state index in [4.69, 9.17) is 5.73 Å². The predicted molar refractivity (Wildman–Crippen MR) is 81.8 cm³/mol. The lowest BCUT2D eigenvalue weighted by molar-refractivity contribution is -0.119. The lowest BCUT2D eigenvalue weighted by Crippen LogP contribution is -2.24. The molecule has 2 atom stereocenters. The molecule has 1 saturated carbocycles. The lowest BCUT2D eigenvalue weighted by atomic mass is 10.0. The Balaban J connectivity index is 0.00000180. The molecule has 1 aliphatic carbocycles. The molecule has 0 spiro atoms. The number of para-hydroxylation sites is 1. The highest BCUT2D eigenvalue weighted by atomic mass is 35.5. The first kappa shape index (κ1) is 16.0. The summed E-state index contributed by atoms with van der Waals surface area (Å²) in [4.78, 5) is 12.2. The van der Waals surface area contributed by atoms with Gasteiger partial charge in [-0.15, -0.1) is 12.4 Å². The van der Waals surface area contributed by atoms with Crippen LogP contribution in [0.25, 0.3) is 0 Å². The largest absolute Gasteiger partial charge is 0.328 e. The minimum Gasteiger partial charge on any atom is -0.328 e. The van der Waals surface area contributed by atoms with E-state index in [1.54, 1.807) is 0 Å². The maximum absolute atomic E-state index is 12.2. The maximum atomic E-state index is 12.2. The quantitative estimate of drug-likeness (QED) is 0.895. The molecular weight excluding hydrogens is 260 g/mol. The molecule has 2 unspecified atom stereocenters. The van der Waals surface area contributed by atoms with Gasteiger partial charge in [0.15, 0.2) is 0 Å². The number of anilines is 1. The van der Waals surface area contributed by atoms with Gasteiger partial charge >= 0.3 is 0 Å². The standard InChI is InChI=1S/C15H22N2O.ClH/c1-3-11-6-4-5-10(2)14(11)17-15(18)12-7-8-13(16)9-12;/h4-6,12-13H,3,7-9,16H2,1-2H3,(H,17,18);1H. The number of hydrogen-bond acceptors (Lipinski definition) is 2. The van der Waals surface area contributed by atoms with Crippen molar-refractivity contribution in [2.24, 2.45) is 11.7 Å².